The highest BCUT2D eigenvalue weighted by Crippen LogP contribution is 2.21. The van der Waals surface area contributed by atoms with E-state index in [-0.39, 0.29) is 5.82 Å². The summed E-state index contributed by atoms with van der Waals surface area (Å²) in [6, 6.07) is 6.41. The molecule has 0 saturated heterocycles. The molecule has 0 atom stereocenters. The van der Waals surface area contributed by atoms with Gasteiger partial charge in [0.15, 0.2) is 0 Å². The van der Waals surface area contributed by atoms with Crippen molar-refractivity contribution in [2.24, 2.45) is 0 Å². The van der Waals surface area contributed by atoms with Gasteiger partial charge in [-0.15, -0.1) is 0 Å². The molecule has 0 aliphatic rings. The Labute approximate surface area is 93.9 Å². The van der Waals surface area contributed by atoms with Crippen molar-refractivity contribution >= 4 is 0 Å². The smallest absolute Gasteiger partial charge is 0.123 e. The molecule has 16 heavy (non-hydrogen) atoms. The molecule has 1 heterocycles. The molecule has 0 fully saturated rings. The fourth-order valence-corrected chi connectivity index (χ4v) is 1.64. The Balaban J connectivity index is 2.33. The maximum atomic E-state index is 12.8. The average Bonchev–Trinajstić information content (AvgIpc) is 2.66. The van der Waals surface area contributed by atoms with Gasteiger partial charge in [-0.25, -0.2) is 4.39 Å². The number of hydrogen-bond acceptors (Lipinski definition) is 2. The van der Waals surface area contributed by atoms with Crippen LogP contribution in [0.4, 0.5) is 4.39 Å². The number of hydrogen-bond donors (Lipinski definition) is 1. The molecule has 2 aromatic rings. The number of halogens is 1. The van der Waals surface area contributed by atoms with Crippen LogP contribution in [-0.2, 0) is 6.54 Å². The summed E-state index contributed by atoms with van der Waals surface area (Å²) in [4.78, 5) is 2.07. The summed E-state index contributed by atoms with van der Waals surface area (Å²) >= 11 is 0. The van der Waals surface area contributed by atoms with Gasteiger partial charge in [-0.3, -0.25) is 5.10 Å². The second-order valence-electron chi connectivity index (χ2n) is 4.01. The van der Waals surface area contributed by atoms with Crippen LogP contribution in [0, 0.1) is 5.82 Å². The zero-order valence-corrected chi connectivity index (χ0v) is 9.37. The van der Waals surface area contributed by atoms with E-state index in [0.29, 0.717) is 0 Å². The predicted molar refractivity (Wildman–Crippen MR) is 61.4 cm³/mol. The predicted octanol–water partition coefficient (Wildman–Crippen LogP) is 2.28. The van der Waals surface area contributed by atoms with E-state index in [9.17, 15) is 4.39 Å². The molecule has 1 aromatic heterocycles. The molecule has 0 saturated carbocycles. The van der Waals surface area contributed by atoms with E-state index in [1.165, 1.54) is 12.1 Å². The van der Waals surface area contributed by atoms with Gasteiger partial charge in [0.05, 0.1) is 11.9 Å². The highest BCUT2D eigenvalue weighted by Gasteiger charge is 2.08. The summed E-state index contributed by atoms with van der Waals surface area (Å²) in [6.45, 7) is 0.809. The fraction of sp³-hybridized carbons (Fsp3) is 0.250. The van der Waals surface area contributed by atoms with Gasteiger partial charge in [0, 0.05) is 17.7 Å². The molecule has 4 heteroatoms. The van der Waals surface area contributed by atoms with Gasteiger partial charge in [-0.05, 0) is 38.4 Å². The molecule has 0 unspecified atom stereocenters. The largest absolute Gasteiger partial charge is 0.305 e. The first-order chi connectivity index (χ1) is 7.66. The lowest BCUT2D eigenvalue weighted by atomic mass is 10.1. The summed E-state index contributed by atoms with van der Waals surface area (Å²) in [5.41, 5.74) is 3.01. The second kappa shape index (κ2) is 4.45. The molecular formula is C12H14FN3. The van der Waals surface area contributed by atoms with Crippen LogP contribution < -0.4 is 0 Å². The van der Waals surface area contributed by atoms with Crippen molar-refractivity contribution in [1.82, 2.24) is 15.1 Å². The number of benzene rings is 1. The molecule has 84 valence electrons. The van der Waals surface area contributed by atoms with Gasteiger partial charge in [0.2, 0.25) is 0 Å². The third-order valence-corrected chi connectivity index (χ3v) is 2.34. The first-order valence-electron chi connectivity index (χ1n) is 5.10. The van der Waals surface area contributed by atoms with Crippen LogP contribution in [0.1, 0.15) is 5.56 Å². The third kappa shape index (κ3) is 2.28. The van der Waals surface area contributed by atoms with Crippen LogP contribution in [0.3, 0.4) is 0 Å². The van der Waals surface area contributed by atoms with Crippen molar-refractivity contribution in [2.45, 2.75) is 6.54 Å². The Bertz CT molecular complexity index is 459. The SMILES string of the molecule is CN(C)Cc1cn[nH]c1-c1ccc(F)cc1. The minimum atomic E-state index is -0.225. The van der Waals surface area contributed by atoms with E-state index >= 15 is 0 Å². The molecule has 0 aliphatic carbocycles. The maximum absolute atomic E-state index is 12.8. The lowest BCUT2D eigenvalue weighted by Gasteiger charge is -2.09. The normalized spacial score (nSPS) is 11.0. The second-order valence-corrected chi connectivity index (χ2v) is 4.01. The topological polar surface area (TPSA) is 31.9 Å². The van der Waals surface area contributed by atoms with E-state index in [1.807, 2.05) is 14.1 Å². The number of H-pyrrole nitrogens is 1. The van der Waals surface area contributed by atoms with E-state index in [4.69, 9.17) is 0 Å². The molecule has 0 radical (unpaired) electrons. The van der Waals surface area contributed by atoms with Gasteiger partial charge in [-0.2, -0.15) is 5.10 Å². The Morgan fingerprint density at radius 1 is 1.25 bits per heavy atom. The average molecular weight is 219 g/mol. The quantitative estimate of drug-likeness (QED) is 0.858. The van der Waals surface area contributed by atoms with E-state index in [1.54, 1.807) is 18.3 Å². The van der Waals surface area contributed by atoms with Crippen molar-refractivity contribution in [3.8, 4) is 11.3 Å². The molecule has 0 aliphatic heterocycles. The molecule has 1 aromatic carbocycles. The summed E-state index contributed by atoms with van der Waals surface area (Å²) in [5.74, 6) is -0.225. The van der Waals surface area contributed by atoms with E-state index < -0.39 is 0 Å². The van der Waals surface area contributed by atoms with Crippen LogP contribution in [-0.4, -0.2) is 29.2 Å². The van der Waals surface area contributed by atoms with Crippen LogP contribution >= 0.6 is 0 Å². The lowest BCUT2D eigenvalue weighted by Crippen LogP contribution is -2.10. The Hall–Kier alpha value is -1.68. The molecule has 1 N–H and O–H groups in total. The van der Waals surface area contributed by atoms with Crippen LogP contribution in [0.25, 0.3) is 11.3 Å². The third-order valence-electron chi connectivity index (χ3n) is 2.34. The lowest BCUT2D eigenvalue weighted by molar-refractivity contribution is 0.403. The van der Waals surface area contributed by atoms with Gasteiger partial charge in [-0.1, -0.05) is 0 Å². The summed E-state index contributed by atoms with van der Waals surface area (Å²) in [6.07, 6.45) is 1.80. The van der Waals surface area contributed by atoms with Crippen molar-refractivity contribution in [1.29, 1.82) is 0 Å². The first kappa shape index (κ1) is 10.8. The highest BCUT2D eigenvalue weighted by molar-refractivity contribution is 5.62. The number of nitrogens with one attached hydrogen (secondary N) is 1. The molecule has 0 spiro atoms. The zero-order chi connectivity index (χ0) is 11.5. The Morgan fingerprint density at radius 3 is 2.56 bits per heavy atom. The van der Waals surface area contributed by atoms with Crippen LogP contribution in [0.15, 0.2) is 30.5 Å². The molecule has 0 bridgehead atoms. The summed E-state index contributed by atoms with van der Waals surface area (Å²) < 4.78 is 12.8. The molecule has 3 nitrogen and oxygen atoms in total. The van der Waals surface area contributed by atoms with Crippen molar-refractivity contribution < 1.29 is 4.39 Å². The van der Waals surface area contributed by atoms with Crippen LogP contribution in [0.2, 0.25) is 0 Å². The van der Waals surface area contributed by atoms with Crippen molar-refractivity contribution in [2.75, 3.05) is 14.1 Å². The Morgan fingerprint density at radius 2 is 1.94 bits per heavy atom. The van der Waals surface area contributed by atoms with Gasteiger partial charge in [0.25, 0.3) is 0 Å². The number of aromatic amines is 1. The number of rotatable bonds is 3. The van der Waals surface area contributed by atoms with Crippen molar-refractivity contribution in [3.63, 3.8) is 0 Å². The minimum Gasteiger partial charge on any atom is -0.305 e. The maximum Gasteiger partial charge on any atom is 0.123 e. The first-order valence-corrected chi connectivity index (χ1v) is 5.10. The van der Waals surface area contributed by atoms with Gasteiger partial charge in [0.1, 0.15) is 5.82 Å². The van der Waals surface area contributed by atoms with Gasteiger partial charge < -0.3 is 4.90 Å². The van der Waals surface area contributed by atoms with Crippen LogP contribution in [0.5, 0.6) is 0 Å². The summed E-state index contributed by atoms with van der Waals surface area (Å²) in [7, 11) is 4.00. The summed E-state index contributed by atoms with van der Waals surface area (Å²) in [5, 5.41) is 6.98. The van der Waals surface area contributed by atoms with E-state index in [0.717, 1.165) is 23.4 Å². The molecule has 2 rings (SSSR count). The number of nitrogens with zero attached hydrogens (tertiary/aromatic N) is 2. The standard InChI is InChI=1S/C12H14FN3/c1-16(2)8-10-7-14-15-12(10)9-3-5-11(13)6-4-9/h3-7H,8H2,1-2H3,(H,14,15). The number of aromatic nitrogens is 2. The highest BCUT2D eigenvalue weighted by atomic mass is 19.1. The van der Waals surface area contributed by atoms with Gasteiger partial charge >= 0.3 is 0 Å². The zero-order valence-electron chi connectivity index (χ0n) is 9.37. The molecular weight excluding hydrogens is 205 g/mol. The molecule has 0 amide bonds. The monoisotopic (exact) mass is 219 g/mol. The minimum absolute atomic E-state index is 0.225. The van der Waals surface area contributed by atoms with E-state index in [2.05, 4.69) is 15.1 Å². The van der Waals surface area contributed by atoms with Crippen molar-refractivity contribution in [3.05, 3.63) is 41.8 Å². The fourth-order valence-electron chi connectivity index (χ4n) is 1.64. The Kier molecular flexibility index (Phi) is 3.01.